The number of allylic oxidation sites excluding steroid dienone is 4. The van der Waals surface area contributed by atoms with Crippen LogP contribution in [0.5, 0.6) is 0 Å². The molecule has 120 valence electrons. The average molecular weight is 314 g/mol. The van der Waals surface area contributed by atoms with E-state index < -0.39 is 0 Å². The van der Waals surface area contributed by atoms with Crippen molar-refractivity contribution in [2.24, 2.45) is 22.1 Å². The highest BCUT2D eigenvalue weighted by Gasteiger charge is 2.31. The van der Waals surface area contributed by atoms with E-state index in [1.165, 1.54) is 5.56 Å². The Morgan fingerprint density at radius 2 is 1.67 bits per heavy atom. The summed E-state index contributed by atoms with van der Waals surface area (Å²) in [7, 11) is 0. The van der Waals surface area contributed by atoms with E-state index in [9.17, 15) is 0 Å². The molecular weight excluding hydrogens is 292 g/mol. The average Bonchev–Trinajstić information content (AvgIpc) is 2.62. The largest absolute Gasteiger partial charge is 0.387 e. The number of hydrogen-bond acceptors (Lipinski definition) is 1. The molecule has 2 unspecified atom stereocenters. The van der Waals surface area contributed by atoms with Gasteiger partial charge in [0, 0.05) is 11.3 Å². The van der Waals surface area contributed by atoms with Crippen LogP contribution in [-0.4, -0.2) is 5.84 Å². The van der Waals surface area contributed by atoms with E-state index in [0.717, 1.165) is 5.69 Å². The molecule has 0 saturated heterocycles. The quantitative estimate of drug-likeness (QED) is 0.616. The number of aliphatic imine (C=N–C) groups is 1. The second kappa shape index (κ2) is 7.14. The van der Waals surface area contributed by atoms with Crippen LogP contribution in [0.1, 0.15) is 12.5 Å². The van der Waals surface area contributed by atoms with Crippen molar-refractivity contribution in [1.82, 2.24) is 0 Å². The Labute approximate surface area is 143 Å². The molecule has 2 heteroatoms. The molecule has 1 aliphatic rings. The molecule has 24 heavy (non-hydrogen) atoms. The maximum atomic E-state index is 6.36. The van der Waals surface area contributed by atoms with Crippen LogP contribution in [-0.2, 0) is 0 Å². The molecule has 2 N–H and O–H groups in total. The molecule has 0 radical (unpaired) electrons. The second-order valence-corrected chi connectivity index (χ2v) is 6.20. The molecule has 3 rings (SSSR count). The molecule has 2 nitrogen and oxygen atoms in total. The van der Waals surface area contributed by atoms with Crippen LogP contribution in [0.4, 0.5) is 5.69 Å². The molecule has 1 aliphatic carbocycles. The summed E-state index contributed by atoms with van der Waals surface area (Å²) in [6.07, 6.45) is 12.8. The Morgan fingerprint density at radius 1 is 1.00 bits per heavy atom. The van der Waals surface area contributed by atoms with Crippen molar-refractivity contribution in [1.29, 1.82) is 0 Å². The van der Waals surface area contributed by atoms with Gasteiger partial charge in [-0.1, -0.05) is 91.9 Å². The van der Waals surface area contributed by atoms with Crippen LogP contribution in [0.25, 0.3) is 6.08 Å². The third-order valence-corrected chi connectivity index (χ3v) is 4.31. The first kappa shape index (κ1) is 16.0. The van der Waals surface area contributed by atoms with Crippen LogP contribution in [0, 0.1) is 11.3 Å². The van der Waals surface area contributed by atoms with Gasteiger partial charge in [0.05, 0.1) is 5.69 Å². The van der Waals surface area contributed by atoms with Crippen molar-refractivity contribution in [2.75, 3.05) is 0 Å². The van der Waals surface area contributed by atoms with Crippen molar-refractivity contribution >= 4 is 17.6 Å². The molecule has 0 aliphatic heterocycles. The number of nitrogens with two attached hydrogens (primary N) is 1. The normalized spacial score (nSPS) is 23.7. The Bertz CT molecular complexity index is 785. The molecule has 0 spiro atoms. The minimum atomic E-state index is -0.201. The lowest BCUT2D eigenvalue weighted by Crippen LogP contribution is -2.35. The van der Waals surface area contributed by atoms with Crippen LogP contribution in [0.15, 0.2) is 96.0 Å². The molecule has 0 fully saturated rings. The van der Waals surface area contributed by atoms with Gasteiger partial charge in [-0.15, -0.1) is 0 Å². The van der Waals surface area contributed by atoms with E-state index in [0.29, 0.717) is 5.84 Å². The minimum absolute atomic E-state index is 0.0302. The molecule has 0 amide bonds. The molecule has 0 bridgehead atoms. The van der Waals surface area contributed by atoms with Gasteiger partial charge >= 0.3 is 0 Å². The predicted molar refractivity (Wildman–Crippen MR) is 103 cm³/mol. The first-order chi connectivity index (χ1) is 11.7. The van der Waals surface area contributed by atoms with Crippen molar-refractivity contribution in [2.45, 2.75) is 6.92 Å². The lowest BCUT2D eigenvalue weighted by Gasteiger charge is -2.32. The minimum Gasteiger partial charge on any atom is -0.387 e. The highest BCUT2D eigenvalue weighted by Crippen LogP contribution is 2.36. The standard InChI is InChI=1S/C22H22N2/c1-22(17-15-18-10-4-2-5-11-18)16-9-8-14-20(22)21(23)24-19-12-6-3-7-13-19/h2-17,20H,1H3,(H2,23,24)/b17-15+. The molecule has 0 heterocycles. The summed E-state index contributed by atoms with van der Waals surface area (Å²) < 4.78 is 0. The van der Waals surface area contributed by atoms with Crippen molar-refractivity contribution < 1.29 is 0 Å². The number of amidine groups is 1. The zero-order chi connectivity index (χ0) is 16.8. The smallest absolute Gasteiger partial charge is 0.108 e. The Morgan fingerprint density at radius 3 is 2.38 bits per heavy atom. The van der Waals surface area contributed by atoms with E-state index in [-0.39, 0.29) is 11.3 Å². The van der Waals surface area contributed by atoms with Crippen LogP contribution >= 0.6 is 0 Å². The van der Waals surface area contributed by atoms with Gasteiger partial charge in [-0.3, -0.25) is 0 Å². The third-order valence-electron chi connectivity index (χ3n) is 4.31. The summed E-state index contributed by atoms with van der Waals surface area (Å²) in [5.41, 5.74) is 8.22. The second-order valence-electron chi connectivity index (χ2n) is 6.20. The summed E-state index contributed by atoms with van der Waals surface area (Å²) in [5, 5.41) is 0. The maximum Gasteiger partial charge on any atom is 0.108 e. The predicted octanol–water partition coefficient (Wildman–Crippen LogP) is 5.14. The van der Waals surface area contributed by atoms with E-state index in [1.54, 1.807) is 0 Å². The van der Waals surface area contributed by atoms with Crippen LogP contribution < -0.4 is 5.73 Å². The van der Waals surface area contributed by atoms with Crippen molar-refractivity contribution in [3.63, 3.8) is 0 Å². The van der Waals surface area contributed by atoms with E-state index in [2.05, 4.69) is 54.4 Å². The molecular formula is C22H22N2. The highest BCUT2D eigenvalue weighted by molar-refractivity contribution is 5.88. The number of rotatable bonds is 4. The Hall–Kier alpha value is -2.87. The van der Waals surface area contributed by atoms with Crippen molar-refractivity contribution in [3.05, 3.63) is 96.6 Å². The summed E-state index contributed by atoms with van der Waals surface area (Å²) in [4.78, 5) is 4.61. The van der Waals surface area contributed by atoms with Gasteiger partial charge in [0.2, 0.25) is 0 Å². The first-order valence-corrected chi connectivity index (χ1v) is 8.17. The monoisotopic (exact) mass is 314 g/mol. The van der Waals surface area contributed by atoms with Crippen molar-refractivity contribution in [3.8, 4) is 0 Å². The summed E-state index contributed by atoms with van der Waals surface area (Å²) in [5.74, 6) is 0.657. The molecule has 0 saturated carbocycles. The first-order valence-electron chi connectivity index (χ1n) is 8.17. The highest BCUT2D eigenvalue weighted by atomic mass is 14.9. The topological polar surface area (TPSA) is 38.4 Å². The zero-order valence-electron chi connectivity index (χ0n) is 13.8. The Balaban J connectivity index is 1.88. The number of para-hydroxylation sites is 1. The van der Waals surface area contributed by atoms with E-state index in [4.69, 9.17) is 5.73 Å². The van der Waals surface area contributed by atoms with Gasteiger partial charge in [0.25, 0.3) is 0 Å². The molecule has 2 atom stereocenters. The van der Waals surface area contributed by atoms with Gasteiger partial charge in [0.1, 0.15) is 5.84 Å². The number of nitrogens with zero attached hydrogens (tertiary/aromatic N) is 1. The lowest BCUT2D eigenvalue weighted by molar-refractivity contribution is 0.480. The van der Waals surface area contributed by atoms with Gasteiger partial charge < -0.3 is 5.73 Å². The zero-order valence-corrected chi connectivity index (χ0v) is 13.8. The fourth-order valence-corrected chi connectivity index (χ4v) is 2.89. The van der Waals surface area contributed by atoms with E-state index in [1.807, 2.05) is 54.6 Å². The Kier molecular flexibility index (Phi) is 4.76. The van der Waals surface area contributed by atoms with Crippen LogP contribution in [0.3, 0.4) is 0 Å². The fourth-order valence-electron chi connectivity index (χ4n) is 2.89. The number of hydrogen-bond donors (Lipinski definition) is 1. The van der Waals surface area contributed by atoms with E-state index >= 15 is 0 Å². The summed E-state index contributed by atoms with van der Waals surface area (Å²) in [6, 6.07) is 20.1. The van der Waals surface area contributed by atoms with Gasteiger partial charge in [-0.2, -0.15) is 0 Å². The summed E-state index contributed by atoms with van der Waals surface area (Å²) >= 11 is 0. The molecule has 2 aromatic rings. The van der Waals surface area contributed by atoms with Gasteiger partial charge in [-0.05, 0) is 17.7 Å². The SMILES string of the molecule is CC1(/C=C/c2ccccc2)C=CC=CC1/C(N)=N/c1ccccc1. The fraction of sp³-hybridized carbons (Fsp3) is 0.136. The number of benzene rings is 2. The summed E-state index contributed by atoms with van der Waals surface area (Å²) in [6.45, 7) is 2.18. The van der Waals surface area contributed by atoms with Gasteiger partial charge in [-0.25, -0.2) is 4.99 Å². The third kappa shape index (κ3) is 3.72. The molecule has 0 aromatic heterocycles. The maximum absolute atomic E-state index is 6.36. The molecule has 2 aromatic carbocycles. The lowest BCUT2D eigenvalue weighted by atomic mass is 9.73. The van der Waals surface area contributed by atoms with Crippen LogP contribution in [0.2, 0.25) is 0 Å². The van der Waals surface area contributed by atoms with Gasteiger partial charge in [0.15, 0.2) is 0 Å².